The number of aliphatic hydroxyl groups excluding tert-OH is 1. The van der Waals surface area contributed by atoms with E-state index in [2.05, 4.69) is 46.5 Å². The second-order valence-corrected chi connectivity index (χ2v) is 23.3. The van der Waals surface area contributed by atoms with Gasteiger partial charge in [-0.15, -0.1) is 0 Å². The number of rotatable bonds is 22. The average Bonchev–Trinajstić information content (AvgIpc) is 3.36. The Morgan fingerprint density at radius 3 is 1.91 bits per heavy atom. The van der Waals surface area contributed by atoms with Gasteiger partial charge in [0.25, 0.3) is 5.56 Å². The minimum Gasteiger partial charge on any atom is -0.408 e. The first-order chi connectivity index (χ1) is 21.8. The van der Waals surface area contributed by atoms with Gasteiger partial charge in [0.2, 0.25) is 0 Å². The van der Waals surface area contributed by atoms with Crippen molar-refractivity contribution in [2.75, 3.05) is 33.5 Å². The maximum Gasteiger partial charge on any atom is 0.360 e. The van der Waals surface area contributed by atoms with Crippen molar-refractivity contribution in [1.82, 2.24) is 9.55 Å². The highest BCUT2D eigenvalue weighted by Gasteiger charge is 2.58. The van der Waals surface area contributed by atoms with Gasteiger partial charge in [0.1, 0.15) is 24.4 Å². The lowest BCUT2D eigenvalue weighted by Gasteiger charge is -2.44. The highest BCUT2D eigenvalue weighted by Crippen LogP contribution is 2.58. The molecule has 46 heavy (non-hydrogen) atoms. The molecule has 0 spiro atoms. The molecule has 2 rings (SSSR count). The molecular weight excluding hydrogens is 651 g/mol. The number of aromatic nitrogens is 2. The molecule has 0 saturated carbocycles. The molecule has 1 saturated heterocycles. The van der Waals surface area contributed by atoms with Crippen molar-refractivity contribution in [3.63, 3.8) is 0 Å². The monoisotopic (exact) mass is 710 g/mol. The van der Waals surface area contributed by atoms with Gasteiger partial charge in [0.05, 0.1) is 26.4 Å². The molecule has 1 aromatic rings. The van der Waals surface area contributed by atoms with Crippen molar-refractivity contribution in [1.29, 1.82) is 0 Å². The zero-order valence-electron chi connectivity index (χ0n) is 29.5. The lowest BCUT2D eigenvalue weighted by Crippen LogP contribution is -2.56. The number of nitrogens with one attached hydrogen (secondary N) is 1. The van der Waals surface area contributed by atoms with Gasteiger partial charge in [-0.3, -0.25) is 18.9 Å². The number of H-pyrrole nitrogens is 1. The summed E-state index contributed by atoms with van der Waals surface area (Å²) in [5.41, 5.74) is -0.967. The van der Waals surface area contributed by atoms with Gasteiger partial charge in [0, 0.05) is 18.9 Å². The average molecular weight is 711 g/mol. The first-order valence-electron chi connectivity index (χ1n) is 16.8. The Hall–Kier alpha value is -0.976. The lowest BCUT2D eigenvalue weighted by molar-refractivity contribution is -0.105. The van der Waals surface area contributed by atoms with Gasteiger partial charge in [-0.2, -0.15) is 0 Å². The van der Waals surface area contributed by atoms with E-state index in [0.717, 1.165) is 36.3 Å². The number of nitrogens with zero attached hydrogens (tertiary/aromatic N) is 1. The van der Waals surface area contributed by atoms with E-state index in [1.807, 2.05) is 0 Å². The van der Waals surface area contributed by atoms with Gasteiger partial charge >= 0.3 is 13.3 Å². The number of aliphatic hydroxyl groups is 1. The molecule has 1 aromatic heterocycles. The summed E-state index contributed by atoms with van der Waals surface area (Å²) in [6.45, 7) is 18.0. The molecule has 0 bridgehead atoms. The third-order valence-corrected chi connectivity index (χ3v) is 21.1. The summed E-state index contributed by atoms with van der Waals surface area (Å²) in [7, 11) is -7.54. The van der Waals surface area contributed by atoms with Crippen LogP contribution in [0.4, 0.5) is 0 Å². The van der Waals surface area contributed by atoms with Crippen LogP contribution in [0.3, 0.4) is 0 Å². The highest BCUT2D eigenvalue weighted by atomic mass is 31.2. The van der Waals surface area contributed by atoms with Crippen LogP contribution in [-0.4, -0.2) is 95.1 Å². The van der Waals surface area contributed by atoms with E-state index in [0.29, 0.717) is 0 Å². The van der Waals surface area contributed by atoms with E-state index in [-0.39, 0.29) is 32.0 Å². The predicted molar refractivity (Wildman–Crippen MR) is 183 cm³/mol. The molecule has 2 heterocycles. The Bertz CT molecular complexity index is 1200. The number of ether oxygens (including phenoxy) is 3. The topological polar surface area (TPSA) is 157 Å². The molecule has 0 aliphatic carbocycles. The van der Waals surface area contributed by atoms with Crippen LogP contribution < -0.4 is 11.2 Å². The van der Waals surface area contributed by atoms with Gasteiger partial charge in [-0.25, -0.2) is 4.79 Å². The zero-order valence-corrected chi connectivity index (χ0v) is 32.4. The Balaban J connectivity index is 2.89. The normalized spacial score (nSPS) is 22.3. The second kappa shape index (κ2) is 18.7. The summed E-state index contributed by atoms with van der Waals surface area (Å²) in [5, 5.41) is 12.1. The predicted octanol–water partition coefficient (Wildman–Crippen LogP) is 5.14. The number of hydrogen-bond donors (Lipinski definition) is 2. The molecule has 1 aliphatic rings. The van der Waals surface area contributed by atoms with E-state index in [4.69, 9.17) is 32.1 Å². The van der Waals surface area contributed by atoms with Crippen LogP contribution in [0.2, 0.25) is 36.3 Å². The molecule has 16 heteroatoms. The van der Waals surface area contributed by atoms with Crippen molar-refractivity contribution in [3.8, 4) is 0 Å². The maximum atomic E-state index is 14.9. The molecule has 6 atom stereocenters. The van der Waals surface area contributed by atoms with Gasteiger partial charge < -0.3 is 37.2 Å². The summed E-state index contributed by atoms with van der Waals surface area (Å²) in [5.74, 6) is -1.22. The maximum absolute atomic E-state index is 14.9. The molecule has 268 valence electrons. The second-order valence-electron chi connectivity index (χ2n) is 11.7. The third-order valence-electron chi connectivity index (χ3n) is 9.43. The summed E-state index contributed by atoms with van der Waals surface area (Å²) < 4.78 is 60.1. The fourth-order valence-corrected chi connectivity index (χ4v) is 14.5. The van der Waals surface area contributed by atoms with Crippen LogP contribution in [0.5, 0.6) is 0 Å². The van der Waals surface area contributed by atoms with E-state index in [1.165, 1.54) is 17.9 Å². The summed E-state index contributed by atoms with van der Waals surface area (Å²) >= 11 is 0. The van der Waals surface area contributed by atoms with Crippen LogP contribution in [0.1, 0.15) is 67.2 Å². The standard InChI is InChI=1S/C30H59N2O11PSi2/c1-11-39-44(36,40-12-2)29(43-46(16-6,17-7)18-8)26(42-45(13-3,14-4)15-5)24-23(33)25(38-20-19-37-10)28(41-24)32-21-22(9)27(34)31-30(32)35/h21,23-26,28-29,33H,11-20H2,1-10H3,(H,31,34,35)/t23-,24+,25-,26-,28-,29-/m1/s1. The van der Waals surface area contributed by atoms with Gasteiger partial charge in [-0.1, -0.05) is 41.5 Å². The van der Waals surface area contributed by atoms with E-state index >= 15 is 0 Å². The van der Waals surface area contributed by atoms with Crippen molar-refractivity contribution in [3.05, 3.63) is 32.6 Å². The molecule has 1 fully saturated rings. The lowest BCUT2D eigenvalue weighted by atomic mass is 10.1. The molecular formula is C30H59N2O11PSi2. The number of methoxy groups -OCH3 is 1. The van der Waals surface area contributed by atoms with E-state index in [1.54, 1.807) is 20.8 Å². The molecule has 0 radical (unpaired) electrons. The van der Waals surface area contributed by atoms with Crippen molar-refractivity contribution >= 4 is 24.2 Å². The van der Waals surface area contributed by atoms with E-state index < -0.39 is 72.0 Å². The minimum absolute atomic E-state index is 0.0961. The van der Waals surface area contributed by atoms with E-state index in [9.17, 15) is 19.3 Å². The van der Waals surface area contributed by atoms with Crippen LogP contribution in [-0.2, 0) is 36.7 Å². The Labute approximate surface area is 276 Å². The van der Waals surface area contributed by atoms with Crippen molar-refractivity contribution in [2.24, 2.45) is 0 Å². The number of hydrogen-bond acceptors (Lipinski definition) is 11. The minimum atomic E-state index is -4.04. The van der Waals surface area contributed by atoms with Crippen molar-refractivity contribution in [2.45, 2.75) is 135 Å². The fourth-order valence-electron chi connectivity index (χ4n) is 6.08. The van der Waals surface area contributed by atoms with Gasteiger partial charge in [-0.05, 0) is 57.0 Å². The van der Waals surface area contributed by atoms with Crippen molar-refractivity contribution < 1.29 is 41.8 Å². The van der Waals surface area contributed by atoms with Crippen LogP contribution in [0, 0.1) is 6.92 Å². The summed E-state index contributed by atoms with van der Waals surface area (Å²) in [6.07, 6.45) is -4.46. The Morgan fingerprint density at radius 2 is 1.43 bits per heavy atom. The molecule has 13 nitrogen and oxygen atoms in total. The van der Waals surface area contributed by atoms with Crippen LogP contribution in [0.25, 0.3) is 0 Å². The Morgan fingerprint density at radius 1 is 0.913 bits per heavy atom. The SMILES string of the molecule is CCOP(=O)(OCC)[C@@H](O[Si](CC)(CC)CC)[C@H](O[Si](CC)(CC)CC)[C@H]1O[C@@H](n2cc(C)c(=O)[nH]c2=O)[C@H](OCCOC)[C@@H]1O. The first-order valence-corrected chi connectivity index (χ1v) is 23.5. The summed E-state index contributed by atoms with van der Waals surface area (Å²) in [6, 6.07) is 4.54. The third kappa shape index (κ3) is 9.38. The number of aromatic amines is 1. The molecule has 1 aliphatic heterocycles. The molecule has 0 unspecified atom stereocenters. The molecule has 0 aromatic carbocycles. The van der Waals surface area contributed by atoms with Crippen LogP contribution >= 0.6 is 7.60 Å². The Kier molecular flexibility index (Phi) is 16.7. The largest absolute Gasteiger partial charge is 0.408 e. The zero-order chi connectivity index (χ0) is 34.7. The molecule has 2 N–H and O–H groups in total. The highest BCUT2D eigenvalue weighted by molar-refractivity contribution is 7.54. The molecule has 0 amide bonds. The van der Waals surface area contributed by atoms with Crippen LogP contribution in [0.15, 0.2) is 15.8 Å². The fraction of sp³-hybridized carbons (Fsp3) is 0.867. The smallest absolute Gasteiger partial charge is 0.360 e. The first kappa shape index (κ1) is 41.2. The summed E-state index contributed by atoms with van der Waals surface area (Å²) in [4.78, 5) is 27.7. The quantitative estimate of drug-likeness (QED) is 0.0933. The van der Waals surface area contributed by atoms with Gasteiger partial charge in [0.15, 0.2) is 28.7 Å². The number of aryl methyl sites for hydroxylation is 1.